The summed E-state index contributed by atoms with van der Waals surface area (Å²) in [5.74, 6) is 1.64. The topological polar surface area (TPSA) is 86.4 Å². The fourth-order valence-electron chi connectivity index (χ4n) is 6.48. The van der Waals surface area contributed by atoms with Crippen molar-refractivity contribution in [3.05, 3.63) is 118 Å². The summed E-state index contributed by atoms with van der Waals surface area (Å²) in [6.07, 6.45) is 0.203. The maximum absolute atomic E-state index is 9.60. The van der Waals surface area contributed by atoms with Crippen LogP contribution in [0.5, 0.6) is 11.5 Å². The van der Waals surface area contributed by atoms with Gasteiger partial charge in [-0.25, -0.2) is 0 Å². The molecule has 2 aliphatic rings. The summed E-state index contributed by atoms with van der Waals surface area (Å²) in [6.45, 7) is 5.25. The number of methoxy groups -OCH3 is 2. The van der Waals surface area contributed by atoms with E-state index in [1.807, 2.05) is 24.3 Å². The maximum atomic E-state index is 9.60. The minimum atomic E-state index is -0.515. The Hall–Kier alpha value is -3.72. The smallest absolute Gasteiger partial charge is 0.184 e. The molecule has 0 radical (unpaired) electrons. The average molecular weight is 595 g/mol. The van der Waals surface area contributed by atoms with Gasteiger partial charge in [-0.3, -0.25) is 4.90 Å². The van der Waals surface area contributed by atoms with Crippen LogP contribution in [0.25, 0.3) is 11.1 Å². The van der Waals surface area contributed by atoms with Gasteiger partial charge in [0.05, 0.1) is 33.0 Å². The normalized spacial score (nSPS) is 21.9. The van der Waals surface area contributed by atoms with Crippen molar-refractivity contribution in [2.24, 2.45) is 11.7 Å². The van der Waals surface area contributed by atoms with Gasteiger partial charge in [0.2, 0.25) is 0 Å². The fourth-order valence-corrected chi connectivity index (χ4v) is 6.48. The van der Waals surface area contributed by atoms with Crippen molar-refractivity contribution in [3.63, 3.8) is 0 Å². The molecule has 6 rings (SSSR count). The number of fused-ring (bicyclic) bond motifs is 1. The molecule has 4 unspecified atom stereocenters. The first-order valence-corrected chi connectivity index (χ1v) is 15.4. The Bertz CT molecular complexity index is 1560. The van der Waals surface area contributed by atoms with E-state index in [4.69, 9.17) is 24.7 Å². The van der Waals surface area contributed by atoms with E-state index in [2.05, 4.69) is 72.5 Å². The molecule has 1 saturated heterocycles. The second-order valence-corrected chi connectivity index (χ2v) is 11.8. The Balaban J connectivity index is 1.26. The van der Waals surface area contributed by atoms with E-state index < -0.39 is 6.29 Å². The van der Waals surface area contributed by atoms with Crippen LogP contribution in [0.3, 0.4) is 0 Å². The summed E-state index contributed by atoms with van der Waals surface area (Å²) in [4.78, 5) is 2.47. The van der Waals surface area contributed by atoms with Crippen molar-refractivity contribution in [2.45, 2.75) is 51.5 Å². The van der Waals surface area contributed by atoms with Crippen molar-refractivity contribution >= 4 is 0 Å². The predicted octanol–water partition coefficient (Wildman–Crippen LogP) is 6.17. The van der Waals surface area contributed by atoms with Gasteiger partial charge in [-0.2, -0.15) is 0 Å². The third kappa shape index (κ3) is 6.25. The standard InChI is InChI=1S/C37H42N2O5/c1-24-35(22-39-17-16-29-18-33(41-2)34(42-3)19-31(29)21-39)43-37(44-36(24)27-10-8-25(23-40)9-11-27)28-14-12-26(13-15-28)32-7-5-4-6-30(32)20-38/h4-15,18-19,24,35-37,40H,16-17,20-23,38H2,1-3H3. The molecule has 3 N–H and O–H groups in total. The number of benzene rings is 4. The Morgan fingerprint density at radius 2 is 1.55 bits per heavy atom. The third-order valence-electron chi connectivity index (χ3n) is 9.09. The van der Waals surface area contributed by atoms with Crippen molar-refractivity contribution in [1.82, 2.24) is 4.90 Å². The highest BCUT2D eigenvalue weighted by molar-refractivity contribution is 5.67. The van der Waals surface area contributed by atoms with Crippen LogP contribution in [-0.4, -0.2) is 43.4 Å². The molecule has 230 valence electrons. The monoisotopic (exact) mass is 594 g/mol. The van der Waals surface area contributed by atoms with E-state index in [0.717, 1.165) is 70.9 Å². The van der Waals surface area contributed by atoms with E-state index in [-0.39, 0.29) is 24.7 Å². The number of hydrogen-bond donors (Lipinski definition) is 2. The molecular formula is C37H42N2O5. The molecule has 0 aliphatic carbocycles. The highest BCUT2D eigenvalue weighted by atomic mass is 16.7. The number of nitrogens with two attached hydrogens (primary N) is 1. The van der Waals surface area contributed by atoms with Crippen LogP contribution in [0, 0.1) is 5.92 Å². The van der Waals surface area contributed by atoms with Crippen LogP contribution in [0.15, 0.2) is 84.9 Å². The summed E-state index contributed by atoms with van der Waals surface area (Å²) in [5.41, 5.74) is 14.9. The van der Waals surface area contributed by atoms with E-state index >= 15 is 0 Å². The number of aliphatic hydroxyl groups excluding tert-OH is 1. The molecule has 2 heterocycles. The quantitative estimate of drug-likeness (QED) is 0.240. The lowest BCUT2D eigenvalue weighted by Crippen LogP contribution is -2.45. The van der Waals surface area contributed by atoms with Gasteiger partial charge in [-0.1, -0.05) is 79.7 Å². The molecule has 0 amide bonds. The average Bonchev–Trinajstić information content (AvgIpc) is 3.08. The lowest BCUT2D eigenvalue weighted by atomic mass is 9.89. The van der Waals surface area contributed by atoms with E-state index in [1.165, 1.54) is 11.1 Å². The zero-order valence-electron chi connectivity index (χ0n) is 25.7. The van der Waals surface area contributed by atoms with Crippen LogP contribution in [0.1, 0.15) is 52.7 Å². The number of nitrogens with zero attached hydrogens (tertiary/aromatic N) is 1. The second kappa shape index (κ2) is 13.5. The number of rotatable bonds is 9. The first kappa shape index (κ1) is 30.3. The summed E-state index contributed by atoms with van der Waals surface area (Å²) in [6, 6.07) is 29.0. The Kier molecular flexibility index (Phi) is 9.31. The van der Waals surface area contributed by atoms with Crippen molar-refractivity contribution < 1.29 is 24.1 Å². The number of ether oxygens (including phenoxy) is 4. The summed E-state index contributed by atoms with van der Waals surface area (Å²) in [5, 5.41) is 9.60. The van der Waals surface area contributed by atoms with E-state index in [9.17, 15) is 5.11 Å². The van der Waals surface area contributed by atoms with Crippen molar-refractivity contribution in [2.75, 3.05) is 27.3 Å². The molecule has 2 aliphatic heterocycles. The maximum Gasteiger partial charge on any atom is 0.184 e. The molecule has 1 fully saturated rings. The van der Waals surface area contributed by atoms with Crippen LogP contribution >= 0.6 is 0 Å². The molecule has 7 nitrogen and oxygen atoms in total. The molecule has 44 heavy (non-hydrogen) atoms. The third-order valence-corrected chi connectivity index (χ3v) is 9.09. The lowest BCUT2D eigenvalue weighted by Gasteiger charge is -2.43. The SMILES string of the molecule is COc1cc2c(cc1OC)CN(CC1OC(c3ccc(-c4ccccc4CN)cc3)OC(c3ccc(CO)cc3)C1C)CC2. The second-order valence-electron chi connectivity index (χ2n) is 11.8. The predicted molar refractivity (Wildman–Crippen MR) is 171 cm³/mol. The highest BCUT2D eigenvalue weighted by Crippen LogP contribution is 2.43. The summed E-state index contributed by atoms with van der Waals surface area (Å²) < 4.78 is 24.6. The zero-order chi connectivity index (χ0) is 30.6. The molecule has 0 spiro atoms. The van der Waals surface area contributed by atoms with Gasteiger partial charge in [-0.15, -0.1) is 0 Å². The molecule has 4 aromatic rings. The van der Waals surface area contributed by atoms with Crippen LogP contribution in [0.4, 0.5) is 0 Å². The van der Waals surface area contributed by atoms with Gasteiger partial charge < -0.3 is 29.8 Å². The zero-order valence-corrected chi connectivity index (χ0v) is 25.7. The van der Waals surface area contributed by atoms with Crippen molar-refractivity contribution in [3.8, 4) is 22.6 Å². The van der Waals surface area contributed by atoms with Crippen LogP contribution < -0.4 is 15.2 Å². The van der Waals surface area contributed by atoms with E-state index in [1.54, 1.807) is 14.2 Å². The molecule has 0 saturated carbocycles. The highest BCUT2D eigenvalue weighted by Gasteiger charge is 2.39. The number of hydrogen-bond acceptors (Lipinski definition) is 7. The van der Waals surface area contributed by atoms with Gasteiger partial charge >= 0.3 is 0 Å². The largest absolute Gasteiger partial charge is 0.493 e. The van der Waals surface area contributed by atoms with Gasteiger partial charge in [-0.05, 0) is 57.5 Å². The summed E-state index contributed by atoms with van der Waals surface area (Å²) >= 11 is 0. The van der Waals surface area contributed by atoms with Gasteiger partial charge in [0.15, 0.2) is 17.8 Å². The van der Waals surface area contributed by atoms with E-state index in [0.29, 0.717) is 6.54 Å². The minimum absolute atomic E-state index is 0.0163. The van der Waals surface area contributed by atoms with Crippen molar-refractivity contribution in [1.29, 1.82) is 0 Å². The fraction of sp³-hybridized carbons (Fsp3) is 0.351. The van der Waals surface area contributed by atoms with Gasteiger partial charge in [0, 0.05) is 37.7 Å². The summed E-state index contributed by atoms with van der Waals surface area (Å²) in [7, 11) is 3.36. The molecule has 0 aromatic heterocycles. The molecule has 0 bridgehead atoms. The Labute approximate surface area is 260 Å². The molecular weight excluding hydrogens is 552 g/mol. The molecule has 4 aromatic carbocycles. The van der Waals surface area contributed by atoms with Gasteiger partial charge in [0.1, 0.15) is 0 Å². The Morgan fingerprint density at radius 1 is 0.864 bits per heavy atom. The minimum Gasteiger partial charge on any atom is -0.493 e. The van der Waals surface area contributed by atoms with Crippen LogP contribution in [-0.2, 0) is 35.6 Å². The Morgan fingerprint density at radius 3 is 2.23 bits per heavy atom. The van der Waals surface area contributed by atoms with Gasteiger partial charge in [0.25, 0.3) is 0 Å². The lowest BCUT2D eigenvalue weighted by molar-refractivity contribution is -0.276. The first-order chi connectivity index (χ1) is 21.5. The molecule has 7 heteroatoms. The molecule has 4 atom stereocenters. The van der Waals surface area contributed by atoms with Crippen LogP contribution in [0.2, 0.25) is 0 Å². The first-order valence-electron chi connectivity index (χ1n) is 15.4. The number of aliphatic hydroxyl groups is 1.